The van der Waals surface area contributed by atoms with Crippen molar-refractivity contribution < 1.29 is 14.1 Å². The van der Waals surface area contributed by atoms with E-state index in [-0.39, 0.29) is 29.9 Å². The first kappa shape index (κ1) is 18.9. The number of ether oxygens (including phenoxy) is 1. The molecule has 3 fully saturated rings. The molecule has 3 aromatic rings. The van der Waals surface area contributed by atoms with Gasteiger partial charge in [0.25, 0.3) is 0 Å². The van der Waals surface area contributed by atoms with Gasteiger partial charge in [-0.05, 0) is 24.0 Å². The summed E-state index contributed by atoms with van der Waals surface area (Å²) in [7, 11) is 0. The lowest BCUT2D eigenvalue weighted by Gasteiger charge is -2.37. The highest BCUT2D eigenvalue weighted by Gasteiger charge is 2.43. The molecule has 11 nitrogen and oxygen atoms in total. The van der Waals surface area contributed by atoms with E-state index in [0.717, 1.165) is 29.4 Å². The summed E-state index contributed by atoms with van der Waals surface area (Å²) in [6, 6.07) is 5.98. The molecule has 0 aliphatic carbocycles. The highest BCUT2D eigenvalue weighted by Crippen LogP contribution is 2.37. The van der Waals surface area contributed by atoms with Crippen LogP contribution in [0.5, 0.6) is 0 Å². The Hall–Kier alpha value is -2.86. The van der Waals surface area contributed by atoms with Crippen LogP contribution in [0.2, 0.25) is 0 Å². The van der Waals surface area contributed by atoms with Crippen LogP contribution in [0.4, 0.5) is 0 Å². The van der Waals surface area contributed by atoms with Gasteiger partial charge in [-0.3, -0.25) is 9.89 Å². The summed E-state index contributed by atoms with van der Waals surface area (Å²) >= 11 is 0. The first-order chi connectivity index (χ1) is 15.2. The van der Waals surface area contributed by atoms with Crippen LogP contribution in [0.15, 0.2) is 28.9 Å². The molecular formula is C20H24N8O3. The molecule has 3 aliphatic heterocycles. The zero-order valence-electron chi connectivity index (χ0n) is 17.1. The zero-order chi connectivity index (χ0) is 20.9. The SMILES string of the molecule is CC1CNN2NCN(Cc3nc([C@@H]4CO[C@@H](c5ccc6cn[nH]c6c5)C4)no3)C(=O)C12. The Bertz CT molecular complexity index is 1110. The van der Waals surface area contributed by atoms with Gasteiger partial charge in [0.1, 0.15) is 12.6 Å². The normalized spacial score (nSPS) is 29.2. The molecule has 31 heavy (non-hydrogen) atoms. The number of nitrogens with one attached hydrogen (secondary N) is 3. The number of H-pyrrole nitrogens is 1. The minimum Gasteiger partial charge on any atom is -0.373 e. The molecule has 5 heterocycles. The Morgan fingerprint density at radius 1 is 1.29 bits per heavy atom. The van der Waals surface area contributed by atoms with Gasteiger partial charge in [0, 0.05) is 17.8 Å². The Labute approximate surface area is 178 Å². The number of hydrogen-bond donors (Lipinski definition) is 3. The second-order valence-electron chi connectivity index (χ2n) is 8.52. The van der Waals surface area contributed by atoms with E-state index in [9.17, 15) is 4.79 Å². The highest BCUT2D eigenvalue weighted by molar-refractivity contribution is 5.83. The lowest BCUT2D eigenvalue weighted by Crippen LogP contribution is -2.63. The monoisotopic (exact) mass is 424 g/mol. The first-order valence-electron chi connectivity index (χ1n) is 10.6. The van der Waals surface area contributed by atoms with Crippen molar-refractivity contribution in [1.82, 2.24) is 41.2 Å². The van der Waals surface area contributed by atoms with Gasteiger partial charge < -0.3 is 14.2 Å². The molecule has 3 N–H and O–H groups in total. The van der Waals surface area contributed by atoms with Crippen LogP contribution in [-0.4, -0.2) is 62.1 Å². The number of nitrogens with zero attached hydrogens (tertiary/aromatic N) is 5. The van der Waals surface area contributed by atoms with Crippen molar-refractivity contribution in [3.8, 4) is 0 Å². The summed E-state index contributed by atoms with van der Waals surface area (Å²) < 4.78 is 11.5. The molecule has 0 bridgehead atoms. The maximum atomic E-state index is 12.8. The topological polar surface area (TPSA) is 124 Å². The van der Waals surface area contributed by atoms with Crippen LogP contribution in [0.3, 0.4) is 0 Å². The molecule has 0 radical (unpaired) electrons. The molecule has 1 aromatic carbocycles. The fourth-order valence-electron chi connectivity index (χ4n) is 4.63. The summed E-state index contributed by atoms with van der Waals surface area (Å²) in [5, 5.41) is 14.1. The zero-order valence-corrected chi connectivity index (χ0v) is 17.1. The van der Waals surface area contributed by atoms with Crippen molar-refractivity contribution in [2.75, 3.05) is 19.8 Å². The number of aromatic nitrogens is 4. The van der Waals surface area contributed by atoms with Crippen LogP contribution in [0.25, 0.3) is 10.9 Å². The molecule has 6 rings (SSSR count). The number of carbonyl (C=O) groups is 1. The van der Waals surface area contributed by atoms with Crippen molar-refractivity contribution >= 4 is 16.8 Å². The van der Waals surface area contributed by atoms with E-state index in [0.29, 0.717) is 31.5 Å². The number of rotatable bonds is 4. The Morgan fingerprint density at radius 2 is 2.23 bits per heavy atom. The Kier molecular flexibility index (Phi) is 4.49. The molecule has 2 unspecified atom stereocenters. The standard InChI is InChI=1S/C20H24N8O3/c1-11-6-22-28-18(11)20(29)27(10-23-28)8-17-24-19(26-31-17)14-5-16(30-9-14)12-2-3-13-7-21-25-15(13)4-12/h2-4,7,11,14,16,18,22-23H,5-6,8-10H2,1H3,(H,21,25)/t11?,14-,16+,18?/m0/s1. The highest BCUT2D eigenvalue weighted by atomic mass is 16.5. The maximum absolute atomic E-state index is 12.8. The van der Waals surface area contributed by atoms with Gasteiger partial charge in [-0.2, -0.15) is 15.2 Å². The van der Waals surface area contributed by atoms with Gasteiger partial charge in [0.05, 0.1) is 31.1 Å². The number of aromatic amines is 1. The third kappa shape index (κ3) is 3.30. The van der Waals surface area contributed by atoms with Crippen LogP contribution < -0.4 is 10.9 Å². The predicted octanol–water partition coefficient (Wildman–Crippen LogP) is 0.820. The maximum Gasteiger partial charge on any atom is 0.246 e. The fourth-order valence-corrected chi connectivity index (χ4v) is 4.63. The van der Waals surface area contributed by atoms with Crippen molar-refractivity contribution in [1.29, 1.82) is 0 Å². The summed E-state index contributed by atoms with van der Waals surface area (Å²) in [4.78, 5) is 19.1. The van der Waals surface area contributed by atoms with Crippen LogP contribution in [-0.2, 0) is 16.1 Å². The molecule has 0 saturated carbocycles. The Morgan fingerprint density at radius 3 is 3.16 bits per heavy atom. The number of carbonyl (C=O) groups excluding carboxylic acids is 1. The van der Waals surface area contributed by atoms with Crippen LogP contribution >= 0.6 is 0 Å². The van der Waals surface area contributed by atoms with Crippen molar-refractivity contribution in [2.45, 2.75) is 38.0 Å². The van der Waals surface area contributed by atoms with Crippen molar-refractivity contribution in [3.63, 3.8) is 0 Å². The molecular weight excluding hydrogens is 400 g/mol. The van der Waals surface area contributed by atoms with Crippen LogP contribution in [0, 0.1) is 5.92 Å². The van der Waals surface area contributed by atoms with Gasteiger partial charge in [-0.15, -0.1) is 0 Å². The minimum atomic E-state index is -0.215. The summed E-state index contributed by atoms with van der Waals surface area (Å²) in [5.41, 5.74) is 8.52. The quantitative estimate of drug-likeness (QED) is 0.558. The van der Waals surface area contributed by atoms with Gasteiger partial charge in [-0.1, -0.05) is 24.2 Å². The van der Waals surface area contributed by atoms with Crippen molar-refractivity contribution in [2.24, 2.45) is 5.92 Å². The fraction of sp³-hybridized carbons (Fsp3) is 0.500. The Balaban J connectivity index is 1.12. The number of hydrazine groups is 2. The predicted molar refractivity (Wildman–Crippen MR) is 108 cm³/mol. The van der Waals surface area contributed by atoms with E-state index in [1.54, 1.807) is 10.0 Å². The average Bonchev–Trinajstić information content (AvgIpc) is 3.56. The van der Waals surface area contributed by atoms with Gasteiger partial charge in [-0.25, -0.2) is 10.9 Å². The molecule has 3 saturated heterocycles. The molecule has 162 valence electrons. The average molecular weight is 424 g/mol. The lowest BCUT2D eigenvalue weighted by molar-refractivity contribution is -0.149. The molecule has 4 atom stereocenters. The lowest BCUT2D eigenvalue weighted by atomic mass is 9.99. The molecule has 2 aromatic heterocycles. The van der Waals surface area contributed by atoms with E-state index in [1.165, 1.54) is 0 Å². The first-order valence-corrected chi connectivity index (χ1v) is 10.6. The van der Waals surface area contributed by atoms with Gasteiger partial charge in [0.2, 0.25) is 11.8 Å². The third-order valence-corrected chi connectivity index (χ3v) is 6.41. The van der Waals surface area contributed by atoms with E-state index in [4.69, 9.17) is 9.26 Å². The summed E-state index contributed by atoms with van der Waals surface area (Å²) in [6.07, 6.45) is 2.57. The van der Waals surface area contributed by atoms with Gasteiger partial charge >= 0.3 is 0 Å². The number of fused-ring (bicyclic) bond motifs is 2. The van der Waals surface area contributed by atoms with E-state index in [2.05, 4.69) is 50.2 Å². The van der Waals surface area contributed by atoms with E-state index < -0.39 is 0 Å². The number of amides is 1. The molecule has 0 spiro atoms. The summed E-state index contributed by atoms with van der Waals surface area (Å²) in [6.45, 7) is 4.07. The van der Waals surface area contributed by atoms with E-state index in [1.807, 2.05) is 12.3 Å². The smallest absolute Gasteiger partial charge is 0.246 e. The second kappa shape index (κ2) is 7.38. The largest absolute Gasteiger partial charge is 0.373 e. The molecule has 11 heteroatoms. The molecule has 3 aliphatic rings. The number of benzene rings is 1. The molecule has 1 amide bonds. The minimum absolute atomic E-state index is 0.0186. The third-order valence-electron chi connectivity index (χ3n) is 6.41. The second-order valence-corrected chi connectivity index (χ2v) is 8.52. The summed E-state index contributed by atoms with van der Waals surface area (Å²) in [5.74, 6) is 1.43. The van der Waals surface area contributed by atoms with Gasteiger partial charge in [0.15, 0.2) is 5.82 Å². The van der Waals surface area contributed by atoms with Crippen LogP contribution in [0.1, 0.15) is 42.6 Å². The van der Waals surface area contributed by atoms with E-state index >= 15 is 0 Å². The number of hydrogen-bond acceptors (Lipinski definition) is 9. The van der Waals surface area contributed by atoms with Crippen molar-refractivity contribution in [3.05, 3.63) is 41.7 Å².